The maximum absolute atomic E-state index is 12.6. The first-order chi connectivity index (χ1) is 8.95. The van der Waals surface area contributed by atoms with Gasteiger partial charge in [-0.05, 0) is 38.2 Å². The molecular weight excluding hydrogens is 253 g/mol. The first-order valence-electron chi connectivity index (χ1n) is 6.52. The van der Waals surface area contributed by atoms with E-state index in [1.54, 1.807) is 6.07 Å². The lowest BCUT2D eigenvalue weighted by atomic mass is 10.1. The summed E-state index contributed by atoms with van der Waals surface area (Å²) in [5.74, 6) is 0. The summed E-state index contributed by atoms with van der Waals surface area (Å²) in [4.78, 5) is 4.48. The molecule has 1 aliphatic rings. The van der Waals surface area contributed by atoms with Gasteiger partial charge >= 0.3 is 6.18 Å². The van der Waals surface area contributed by atoms with E-state index in [-0.39, 0.29) is 0 Å². The maximum atomic E-state index is 12.6. The molecule has 0 radical (unpaired) electrons. The number of halogens is 3. The molecule has 0 aliphatic carbocycles. The van der Waals surface area contributed by atoms with Gasteiger partial charge in [-0.25, -0.2) is 0 Å². The Kier molecular flexibility index (Phi) is 4.47. The fourth-order valence-electron chi connectivity index (χ4n) is 2.36. The van der Waals surface area contributed by atoms with E-state index in [0.29, 0.717) is 6.54 Å². The summed E-state index contributed by atoms with van der Waals surface area (Å²) in [5.41, 5.74) is 0.177. The number of rotatable bonds is 2. The van der Waals surface area contributed by atoms with Crippen LogP contribution in [-0.4, -0.2) is 43.0 Å². The number of alkyl halides is 3. The lowest BCUT2D eigenvalue weighted by Crippen LogP contribution is -2.28. The molecule has 2 nitrogen and oxygen atoms in total. The normalized spacial score (nSPS) is 19.4. The summed E-state index contributed by atoms with van der Waals surface area (Å²) in [5, 5.41) is 0. The second kappa shape index (κ2) is 5.92. The molecule has 1 saturated heterocycles. The van der Waals surface area contributed by atoms with E-state index < -0.39 is 11.7 Å². The number of hydrogen-bond acceptors (Lipinski definition) is 2. The Hall–Kier alpha value is -1.07. The van der Waals surface area contributed by atoms with Crippen LogP contribution in [0.3, 0.4) is 0 Å². The third kappa shape index (κ3) is 4.21. The van der Waals surface area contributed by atoms with E-state index in [0.717, 1.165) is 44.2 Å². The molecule has 0 N–H and O–H groups in total. The van der Waals surface area contributed by atoms with Gasteiger partial charge in [-0.1, -0.05) is 18.2 Å². The third-order valence-electron chi connectivity index (χ3n) is 3.47. The molecule has 2 rings (SSSR count). The van der Waals surface area contributed by atoms with Crippen molar-refractivity contribution in [1.29, 1.82) is 0 Å². The molecule has 19 heavy (non-hydrogen) atoms. The number of benzene rings is 1. The average Bonchev–Trinajstić information content (AvgIpc) is 2.54. The zero-order valence-corrected chi connectivity index (χ0v) is 11.1. The molecule has 0 atom stereocenters. The molecular formula is C14H19F3N2. The SMILES string of the molecule is CN1CCCN(Cc2cccc(C(F)(F)F)c2)CC1. The van der Waals surface area contributed by atoms with Crippen molar-refractivity contribution in [2.75, 3.05) is 33.2 Å². The van der Waals surface area contributed by atoms with Crippen molar-refractivity contribution in [3.63, 3.8) is 0 Å². The van der Waals surface area contributed by atoms with Gasteiger partial charge in [0.05, 0.1) is 5.56 Å². The molecule has 1 aromatic carbocycles. The Labute approximate surface area is 111 Å². The summed E-state index contributed by atoms with van der Waals surface area (Å²) < 4.78 is 37.9. The number of nitrogens with zero attached hydrogens (tertiary/aromatic N) is 2. The monoisotopic (exact) mass is 272 g/mol. The molecule has 1 fully saturated rings. The van der Waals surface area contributed by atoms with Gasteiger partial charge < -0.3 is 4.90 Å². The van der Waals surface area contributed by atoms with Crippen LogP contribution in [0.25, 0.3) is 0 Å². The van der Waals surface area contributed by atoms with Crippen LogP contribution in [0.5, 0.6) is 0 Å². The fraction of sp³-hybridized carbons (Fsp3) is 0.571. The van der Waals surface area contributed by atoms with Crippen LogP contribution in [0, 0.1) is 0 Å². The lowest BCUT2D eigenvalue weighted by molar-refractivity contribution is -0.137. The Morgan fingerprint density at radius 3 is 2.63 bits per heavy atom. The van der Waals surface area contributed by atoms with E-state index in [9.17, 15) is 13.2 Å². The van der Waals surface area contributed by atoms with Gasteiger partial charge in [0.15, 0.2) is 0 Å². The zero-order valence-electron chi connectivity index (χ0n) is 11.1. The Morgan fingerprint density at radius 2 is 1.89 bits per heavy atom. The first-order valence-corrected chi connectivity index (χ1v) is 6.52. The molecule has 0 spiro atoms. The Balaban J connectivity index is 2.02. The molecule has 0 saturated carbocycles. The highest BCUT2D eigenvalue weighted by molar-refractivity contribution is 5.25. The Bertz CT molecular complexity index is 417. The van der Waals surface area contributed by atoms with E-state index >= 15 is 0 Å². The van der Waals surface area contributed by atoms with Gasteiger partial charge in [-0.3, -0.25) is 4.90 Å². The summed E-state index contributed by atoms with van der Waals surface area (Å²) >= 11 is 0. The second-order valence-electron chi connectivity index (χ2n) is 5.13. The van der Waals surface area contributed by atoms with Crippen molar-refractivity contribution >= 4 is 0 Å². The molecule has 0 bridgehead atoms. The standard InChI is InChI=1S/C14H19F3N2/c1-18-6-3-7-19(9-8-18)11-12-4-2-5-13(10-12)14(15,16)17/h2,4-5,10H,3,6-9,11H2,1H3. The highest BCUT2D eigenvalue weighted by Gasteiger charge is 2.30. The minimum Gasteiger partial charge on any atom is -0.305 e. The smallest absolute Gasteiger partial charge is 0.305 e. The minimum atomic E-state index is -4.25. The Morgan fingerprint density at radius 1 is 1.11 bits per heavy atom. The summed E-state index contributed by atoms with van der Waals surface area (Å²) in [6.07, 6.45) is -3.19. The molecule has 106 valence electrons. The van der Waals surface area contributed by atoms with Crippen LogP contribution >= 0.6 is 0 Å². The summed E-state index contributed by atoms with van der Waals surface area (Å²) in [6.45, 7) is 4.48. The van der Waals surface area contributed by atoms with Gasteiger partial charge in [0, 0.05) is 19.6 Å². The van der Waals surface area contributed by atoms with Crippen molar-refractivity contribution in [2.45, 2.75) is 19.1 Å². The van der Waals surface area contributed by atoms with Crippen LogP contribution < -0.4 is 0 Å². The van der Waals surface area contributed by atoms with Crippen molar-refractivity contribution in [3.8, 4) is 0 Å². The van der Waals surface area contributed by atoms with Gasteiger partial charge in [-0.2, -0.15) is 13.2 Å². The predicted molar refractivity (Wildman–Crippen MR) is 68.8 cm³/mol. The van der Waals surface area contributed by atoms with Crippen molar-refractivity contribution in [3.05, 3.63) is 35.4 Å². The number of likely N-dealkylation sites (N-methyl/N-ethyl adjacent to an activating group) is 1. The van der Waals surface area contributed by atoms with Gasteiger partial charge in [0.25, 0.3) is 0 Å². The van der Waals surface area contributed by atoms with Crippen LogP contribution in [-0.2, 0) is 12.7 Å². The topological polar surface area (TPSA) is 6.48 Å². The minimum absolute atomic E-state index is 0.558. The third-order valence-corrected chi connectivity index (χ3v) is 3.47. The zero-order chi connectivity index (χ0) is 13.9. The van der Waals surface area contributed by atoms with Gasteiger partial charge in [0.2, 0.25) is 0 Å². The van der Waals surface area contributed by atoms with Crippen LogP contribution in [0.4, 0.5) is 13.2 Å². The molecule has 0 amide bonds. The van der Waals surface area contributed by atoms with E-state index in [1.165, 1.54) is 12.1 Å². The van der Waals surface area contributed by atoms with Crippen LogP contribution in [0.15, 0.2) is 24.3 Å². The predicted octanol–water partition coefficient (Wildman–Crippen LogP) is 2.84. The van der Waals surface area contributed by atoms with Gasteiger partial charge in [0.1, 0.15) is 0 Å². The highest BCUT2D eigenvalue weighted by atomic mass is 19.4. The maximum Gasteiger partial charge on any atom is 0.416 e. The fourth-order valence-corrected chi connectivity index (χ4v) is 2.36. The molecule has 1 aliphatic heterocycles. The first kappa shape index (κ1) is 14.3. The highest BCUT2D eigenvalue weighted by Crippen LogP contribution is 2.29. The van der Waals surface area contributed by atoms with Crippen LogP contribution in [0.2, 0.25) is 0 Å². The molecule has 5 heteroatoms. The molecule has 0 aromatic heterocycles. The number of hydrogen-bond donors (Lipinski definition) is 0. The van der Waals surface area contributed by atoms with Crippen molar-refractivity contribution in [1.82, 2.24) is 9.80 Å². The molecule has 0 unspecified atom stereocenters. The largest absolute Gasteiger partial charge is 0.416 e. The quantitative estimate of drug-likeness (QED) is 0.817. The van der Waals surface area contributed by atoms with Crippen LogP contribution in [0.1, 0.15) is 17.5 Å². The lowest BCUT2D eigenvalue weighted by Gasteiger charge is -2.20. The van der Waals surface area contributed by atoms with Crippen molar-refractivity contribution in [2.24, 2.45) is 0 Å². The average molecular weight is 272 g/mol. The van der Waals surface area contributed by atoms with E-state index in [2.05, 4.69) is 16.8 Å². The van der Waals surface area contributed by atoms with E-state index in [1.807, 2.05) is 0 Å². The second-order valence-corrected chi connectivity index (χ2v) is 5.13. The molecule has 1 heterocycles. The van der Waals surface area contributed by atoms with Gasteiger partial charge in [-0.15, -0.1) is 0 Å². The molecule has 1 aromatic rings. The summed E-state index contributed by atoms with van der Waals surface area (Å²) in [6, 6.07) is 5.64. The van der Waals surface area contributed by atoms with E-state index in [4.69, 9.17) is 0 Å². The summed E-state index contributed by atoms with van der Waals surface area (Å²) in [7, 11) is 2.08. The van der Waals surface area contributed by atoms with Crippen molar-refractivity contribution < 1.29 is 13.2 Å².